The predicted molar refractivity (Wildman–Crippen MR) is 129 cm³/mol. The van der Waals surface area contributed by atoms with E-state index in [1.165, 1.54) is 9.56 Å². The second kappa shape index (κ2) is 8.90. The molecular weight excluding hydrogens is 420 g/mol. The lowest BCUT2D eigenvalue weighted by Crippen LogP contribution is -2.29. The number of hydrogen-bond acceptors (Lipinski definition) is 4. The fourth-order valence-corrected chi connectivity index (χ4v) is 5.67. The first-order valence-corrected chi connectivity index (χ1v) is 11.9. The number of amides is 2. The van der Waals surface area contributed by atoms with E-state index in [4.69, 9.17) is 0 Å². The van der Waals surface area contributed by atoms with Gasteiger partial charge in [-0.2, -0.15) is 5.10 Å². The molecule has 1 aliphatic rings. The third-order valence-electron chi connectivity index (χ3n) is 6.82. The van der Waals surface area contributed by atoms with Crippen LogP contribution in [-0.2, 0) is 19.9 Å². The van der Waals surface area contributed by atoms with Gasteiger partial charge in [-0.3, -0.25) is 14.3 Å². The Morgan fingerprint density at radius 2 is 1.91 bits per heavy atom. The van der Waals surface area contributed by atoms with Crippen LogP contribution in [0.15, 0.2) is 42.6 Å². The molecule has 2 aromatic heterocycles. The van der Waals surface area contributed by atoms with Crippen molar-refractivity contribution in [2.75, 3.05) is 10.6 Å². The zero-order valence-corrected chi connectivity index (χ0v) is 19.9. The summed E-state index contributed by atoms with van der Waals surface area (Å²) in [5.41, 5.74) is 3.11. The van der Waals surface area contributed by atoms with E-state index in [2.05, 4.69) is 36.5 Å². The van der Waals surface area contributed by atoms with E-state index in [0.29, 0.717) is 22.2 Å². The van der Waals surface area contributed by atoms with E-state index < -0.39 is 0 Å². The van der Waals surface area contributed by atoms with Gasteiger partial charge in [-0.05, 0) is 54.4 Å². The Bertz CT molecular complexity index is 1130. The SMILES string of the molecule is CCC(C)(C)[C@H]1CCc2c(sc(NC(=O)c3ccnn3C)c2C(=O)Nc2ccccc2)C1. The Balaban J connectivity index is 1.69. The molecule has 0 spiro atoms. The Labute approximate surface area is 193 Å². The highest BCUT2D eigenvalue weighted by molar-refractivity contribution is 7.17. The monoisotopic (exact) mass is 450 g/mol. The van der Waals surface area contributed by atoms with Crippen molar-refractivity contribution in [1.82, 2.24) is 9.78 Å². The number of nitrogens with one attached hydrogen (secondary N) is 2. The number of aromatic nitrogens is 2. The van der Waals surface area contributed by atoms with Crippen molar-refractivity contribution in [2.24, 2.45) is 18.4 Å². The van der Waals surface area contributed by atoms with Gasteiger partial charge in [0.15, 0.2) is 0 Å². The standard InChI is InChI=1S/C25H30N4O2S/c1-5-25(2,3)16-11-12-18-20(15-16)32-24(28-22(30)19-13-14-26-29(19)4)21(18)23(31)27-17-9-7-6-8-10-17/h6-10,13-14,16H,5,11-12,15H2,1-4H3,(H,27,31)(H,28,30)/t16-/m0/s1. The van der Waals surface area contributed by atoms with Crippen LogP contribution in [0.25, 0.3) is 0 Å². The van der Waals surface area contributed by atoms with Gasteiger partial charge in [-0.15, -0.1) is 11.3 Å². The van der Waals surface area contributed by atoms with Crippen molar-refractivity contribution in [3.05, 3.63) is 64.3 Å². The third kappa shape index (κ3) is 4.35. The zero-order valence-electron chi connectivity index (χ0n) is 19.1. The Kier molecular flexibility index (Phi) is 6.20. The molecule has 1 aromatic carbocycles. The molecule has 0 bridgehead atoms. The lowest BCUT2D eigenvalue weighted by molar-refractivity contribution is 0.101. The average Bonchev–Trinajstić information content (AvgIpc) is 3.36. The molecule has 168 valence electrons. The number of carbonyl (C=O) groups is 2. The summed E-state index contributed by atoms with van der Waals surface area (Å²) in [7, 11) is 1.73. The topological polar surface area (TPSA) is 76.0 Å². The van der Waals surface area contributed by atoms with E-state index in [-0.39, 0.29) is 17.2 Å². The molecule has 0 unspecified atom stereocenters. The van der Waals surface area contributed by atoms with Crippen LogP contribution in [0.5, 0.6) is 0 Å². The molecule has 0 radical (unpaired) electrons. The minimum atomic E-state index is -0.261. The summed E-state index contributed by atoms with van der Waals surface area (Å²) in [6.45, 7) is 6.89. The molecule has 2 heterocycles. The molecule has 2 N–H and O–H groups in total. The van der Waals surface area contributed by atoms with Crippen molar-refractivity contribution in [3.8, 4) is 0 Å². The predicted octanol–water partition coefficient (Wildman–Crippen LogP) is 5.53. The Morgan fingerprint density at radius 1 is 1.16 bits per heavy atom. The molecular formula is C25H30N4O2S. The number of anilines is 2. The summed E-state index contributed by atoms with van der Waals surface area (Å²) in [4.78, 5) is 27.5. The van der Waals surface area contributed by atoms with Gasteiger partial charge < -0.3 is 10.6 Å². The molecule has 3 aromatic rings. The van der Waals surface area contributed by atoms with Crippen molar-refractivity contribution < 1.29 is 9.59 Å². The van der Waals surface area contributed by atoms with Crippen LogP contribution in [0, 0.1) is 11.3 Å². The fraction of sp³-hybridized carbons (Fsp3) is 0.400. The van der Waals surface area contributed by atoms with Gasteiger partial charge in [-0.25, -0.2) is 0 Å². The number of thiophene rings is 1. The van der Waals surface area contributed by atoms with Crippen molar-refractivity contribution >= 4 is 33.8 Å². The van der Waals surface area contributed by atoms with Crippen LogP contribution in [-0.4, -0.2) is 21.6 Å². The third-order valence-corrected chi connectivity index (χ3v) is 7.99. The van der Waals surface area contributed by atoms with Crippen molar-refractivity contribution in [2.45, 2.75) is 46.5 Å². The first-order valence-electron chi connectivity index (χ1n) is 11.1. The molecule has 0 saturated heterocycles. The van der Waals surface area contributed by atoms with E-state index in [0.717, 1.165) is 36.9 Å². The van der Waals surface area contributed by atoms with Gasteiger partial charge in [0.2, 0.25) is 0 Å². The summed E-state index contributed by atoms with van der Waals surface area (Å²) in [5.74, 6) is 0.120. The average molecular weight is 451 g/mol. The number of carbonyl (C=O) groups excluding carboxylic acids is 2. The van der Waals surface area contributed by atoms with Gasteiger partial charge in [-0.1, -0.05) is 45.4 Å². The minimum absolute atomic E-state index is 0.179. The maximum absolute atomic E-state index is 13.4. The largest absolute Gasteiger partial charge is 0.322 e. The summed E-state index contributed by atoms with van der Waals surface area (Å²) in [6.07, 6.45) is 5.54. The van der Waals surface area contributed by atoms with Gasteiger partial charge in [0, 0.05) is 23.8 Å². The smallest absolute Gasteiger partial charge is 0.274 e. The van der Waals surface area contributed by atoms with E-state index >= 15 is 0 Å². The molecule has 6 nitrogen and oxygen atoms in total. The first-order chi connectivity index (χ1) is 15.3. The lowest BCUT2D eigenvalue weighted by atomic mass is 9.69. The summed E-state index contributed by atoms with van der Waals surface area (Å²) < 4.78 is 1.53. The molecule has 4 rings (SSSR count). The van der Waals surface area contributed by atoms with Crippen LogP contribution in [0.3, 0.4) is 0 Å². The number of aryl methyl sites for hydroxylation is 1. The number of benzene rings is 1. The van der Waals surface area contributed by atoms with Crippen LogP contribution >= 0.6 is 11.3 Å². The molecule has 7 heteroatoms. The Morgan fingerprint density at radius 3 is 2.56 bits per heavy atom. The molecule has 2 amide bonds. The summed E-state index contributed by atoms with van der Waals surface area (Å²) in [6, 6.07) is 11.1. The number of rotatable bonds is 6. The maximum atomic E-state index is 13.4. The van der Waals surface area contributed by atoms with Crippen LogP contribution in [0.1, 0.15) is 64.9 Å². The molecule has 32 heavy (non-hydrogen) atoms. The second-order valence-corrected chi connectivity index (χ2v) is 10.2. The highest BCUT2D eigenvalue weighted by atomic mass is 32.1. The highest BCUT2D eigenvalue weighted by Gasteiger charge is 2.35. The number of fused-ring (bicyclic) bond motifs is 1. The van der Waals surface area contributed by atoms with Crippen LogP contribution < -0.4 is 10.6 Å². The highest BCUT2D eigenvalue weighted by Crippen LogP contribution is 2.45. The van der Waals surface area contributed by atoms with Crippen LogP contribution in [0.4, 0.5) is 10.7 Å². The quantitative estimate of drug-likeness (QED) is 0.519. The lowest BCUT2D eigenvalue weighted by Gasteiger charge is -2.36. The molecule has 0 fully saturated rings. The van der Waals surface area contributed by atoms with E-state index in [9.17, 15) is 9.59 Å². The van der Waals surface area contributed by atoms with Gasteiger partial charge in [0.25, 0.3) is 11.8 Å². The molecule has 1 aliphatic carbocycles. The van der Waals surface area contributed by atoms with Crippen LogP contribution in [0.2, 0.25) is 0 Å². The maximum Gasteiger partial charge on any atom is 0.274 e. The van der Waals surface area contributed by atoms with E-state index in [1.807, 2.05) is 30.3 Å². The number of nitrogens with zero attached hydrogens (tertiary/aromatic N) is 2. The van der Waals surface area contributed by atoms with E-state index in [1.54, 1.807) is 30.6 Å². The molecule has 0 aliphatic heterocycles. The minimum Gasteiger partial charge on any atom is -0.322 e. The van der Waals surface area contributed by atoms with Gasteiger partial charge in [0.05, 0.1) is 5.56 Å². The van der Waals surface area contributed by atoms with Crippen molar-refractivity contribution in [3.63, 3.8) is 0 Å². The van der Waals surface area contributed by atoms with Gasteiger partial charge in [0.1, 0.15) is 10.7 Å². The summed E-state index contributed by atoms with van der Waals surface area (Å²) >= 11 is 1.54. The number of hydrogen-bond donors (Lipinski definition) is 2. The Hall–Kier alpha value is -2.93. The zero-order chi connectivity index (χ0) is 22.9. The summed E-state index contributed by atoms with van der Waals surface area (Å²) in [5, 5.41) is 10.7. The van der Waals surface area contributed by atoms with Gasteiger partial charge >= 0.3 is 0 Å². The number of para-hydroxylation sites is 1. The fourth-order valence-electron chi connectivity index (χ4n) is 4.35. The molecule has 0 saturated carbocycles. The second-order valence-electron chi connectivity index (χ2n) is 9.10. The van der Waals surface area contributed by atoms with Crippen molar-refractivity contribution in [1.29, 1.82) is 0 Å². The first kappa shape index (κ1) is 22.3. The normalized spacial score (nSPS) is 15.8. The molecule has 1 atom stereocenters.